The van der Waals surface area contributed by atoms with E-state index in [4.69, 9.17) is 0 Å². The van der Waals surface area contributed by atoms with E-state index in [0.717, 1.165) is 54.3 Å². The van der Waals surface area contributed by atoms with E-state index < -0.39 is 5.60 Å². The van der Waals surface area contributed by atoms with Gasteiger partial charge in [-0.05, 0) is 117 Å². The van der Waals surface area contributed by atoms with Crippen LogP contribution in [-0.4, -0.2) is 10.7 Å². The molecule has 0 aromatic rings. The molecular formula is C28H50O. The molecule has 0 heterocycles. The largest absolute Gasteiger partial charge is 0.390 e. The van der Waals surface area contributed by atoms with Gasteiger partial charge in [-0.1, -0.05) is 53.9 Å². The van der Waals surface area contributed by atoms with Gasteiger partial charge in [0.05, 0.1) is 5.60 Å². The minimum Gasteiger partial charge on any atom is -0.390 e. The molecule has 1 N–H and O–H groups in total. The summed E-state index contributed by atoms with van der Waals surface area (Å²) in [5, 5.41) is 10.7. The van der Waals surface area contributed by atoms with E-state index in [-0.39, 0.29) is 0 Å². The molecule has 0 unspecified atom stereocenters. The molecule has 0 spiro atoms. The van der Waals surface area contributed by atoms with E-state index in [1.165, 1.54) is 64.2 Å². The van der Waals surface area contributed by atoms with Gasteiger partial charge in [0.1, 0.15) is 0 Å². The summed E-state index contributed by atoms with van der Waals surface area (Å²) < 4.78 is 0. The van der Waals surface area contributed by atoms with Crippen molar-refractivity contribution in [3.63, 3.8) is 0 Å². The maximum atomic E-state index is 10.7. The first-order valence-corrected chi connectivity index (χ1v) is 13.3. The third-order valence-corrected chi connectivity index (χ3v) is 11.5. The second-order valence-electron chi connectivity index (χ2n) is 13.2. The van der Waals surface area contributed by atoms with Crippen LogP contribution in [0.25, 0.3) is 0 Å². The molecule has 4 aliphatic carbocycles. The van der Waals surface area contributed by atoms with E-state index in [9.17, 15) is 5.11 Å². The lowest BCUT2D eigenvalue weighted by molar-refractivity contribution is -0.148. The zero-order chi connectivity index (χ0) is 21.0. The molecule has 0 aliphatic heterocycles. The summed E-state index contributed by atoms with van der Waals surface area (Å²) in [7, 11) is 0. The standard InChI is InChI=1S/C28H50O/c1-7-19(2)8-9-20(3)23-12-13-24-22-11-10-21-18-26(4,29)16-17-27(21,5)25(22)14-15-28(23,24)6/h19-25,29H,7-18H2,1-6H3/t19-,20-,21-,22+,23-,24+,25+,26+,27+,28-/m1/s1. The molecule has 168 valence electrons. The van der Waals surface area contributed by atoms with Crippen LogP contribution in [0.2, 0.25) is 0 Å². The molecule has 29 heavy (non-hydrogen) atoms. The average Bonchev–Trinajstić information content (AvgIpc) is 3.03. The second kappa shape index (κ2) is 7.83. The molecular weight excluding hydrogens is 352 g/mol. The summed E-state index contributed by atoms with van der Waals surface area (Å²) in [5.74, 6) is 6.44. The zero-order valence-corrected chi connectivity index (χ0v) is 20.5. The van der Waals surface area contributed by atoms with Crippen molar-refractivity contribution in [2.24, 2.45) is 52.3 Å². The fraction of sp³-hybridized carbons (Fsp3) is 1.00. The molecule has 0 bridgehead atoms. The lowest BCUT2D eigenvalue weighted by atomic mass is 9.43. The molecule has 1 nitrogen and oxygen atoms in total. The Morgan fingerprint density at radius 2 is 1.55 bits per heavy atom. The van der Waals surface area contributed by atoms with Crippen molar-refractivity contribution in [3.05, 3.63) is 0 Å². The smallest absolute Gasteiger partial charge is 0.0622 e. The molecule has 0 saturated heterocycles. The van der Waals surface area contributed by atoms with E-state index in [1.54, 1.807) is 0 Å². The van der Waals surface area contributed by atoms with Gasteiger partial charge in [-0.3, -0.25) is 0 Å². The van der Waals surface area contributed by atoms with Gasteiger partial charge in [0, 0.05) is 0 Å². The average molecular weight is 403 g/mol. The molecule has 0 amide bonds. The molecule has 4 aliphatic rings. The van der Waals surface area contributed by atoms with Crippen molar-refractivity contribution in [3.8, 4) is 0 Å². The molecule has 10 atom stereocenters. The Labute approximate surface area is 181 Å². The highest BCUT2D eigenvalue weighted by molar-refractivity contribution is 5.10. The van der Waals surface area contributed by atoms with E-state index >= 15 is 0 Å². The number of fused-ring (bicyclic) bond motifs is 5. The first-order chi connectivity index (χ1) is 13.6. The van der Waals surface area contributed by atoms with Gasteiger partial charge in [0.15, 0.2) is 0 Å². The predicted octanol–water partition coefficient (Wildman–Crippen LogP) is 7.86. The Kier molecular flexibility index (Phi) is 5.98. The van der Waals surface area contributed by atoms with Crippen LogP contribution >= 0.6 is 0 Å². The third-order valence-electron chi connectivity index (χ3n) is 11.5. The summed E-state index contributed by atoms with van der Waals surface area (Å²) in [6.07, 6.45) is 16.4. The maximum absolute atomic E-state index is 10.7. The summed E-state index contributed by atoms with van der Waals surface area (Å²) in [4.78, 5) is 0. The van der Waals surface area contributed by atoms with Crippen LogP contribution in [0.15, 0.2) is 0 Å². The van der Waals surface area contributed by atoms with Gasteiger partial charge >= 0.3 is 0 Å². The minimum atomic E-state index is -0.399. The van der Waals surface area contributed by atoms with Crippen LogP contribution in [0.1, 0.15) is 119 Å². The van der Waals surface area contributed by atoms with Gasteiger partial charge in [-0.15, -0.1) is 0 Å². The normalized spacial score (nSPS) is 51.6. The third kappa shape index (κ3) is 3.74. The topological polar surface area (TPSA) is 20.2 Å². The van der Waals surface area contributed by atoms with Crippen LogP contribution in [-0.2, 0) is 0 Å². The lowest BCUT2D eigenvalue weighted by Crippen LogP contribution is -2.55. The molecule has 1 heteroatoms. The van der Waals surface area contributed by atoms with Gasteiger partial charge < -0.3 is 5.11 Å². The monoisotopic (exact) mass is 402 g/mol. The molecule has 4 fully saturated rings. The number of rotatable bonds is 5. The fourth-order valence-corrected chi connectivity index (χ4v) is 9.36. The Morgan fingerprint density at radius 3 is 2.28 bits per heavy atom. The summed E-state index contributed by atoms with van der Waals surface area (Å²) in [6, 6.07) is 0. The molecule has 0 aromatic carbocycles. The van der Waals surface area contributed by atoms with Crippen molar-refractivity contribution in [2.45, 2.75) is 124 Å². The first kappa shape index (κ1) is 22.2. The highest BCUT2D eigenvalue weighted by atomic mass is 16.3. The zero-order valence-electron chi connectivity index (χ0n) is 20.5. The fourth-order valence-electron chi connectivity index (χ4n) is 9.36. The van der Waals surface area contributed by atoms with Crippen LogP contribution in [0.4, 0.5) is 0 Å². The highest BCUT2D eigenvalue weighted by Gasteiger charge is 2.61. The Morgan fingerprint density at radius 1 is 0.828 bits per heavy atom. The molecule has 0 aromatic heterocycles. The number of aliphatic hydroxyl groups is 1. The highest BCUT2D eigenvalue weighted by Crippen LogP contribution is 2.68. The quantitative estimate of drug-likeness (QED) is 0.496. The van der Waals surface area contributed by atoms with Gasteiger partial charge in [0.25, 0.3) is 0 Å². The minimum absolute atomic E-state index is 0.399. The maximum Gasteiger partial charge on any atom is 0.0622 e. The van der Waals surface area contributed by atoms with Crippen LogP contribution in [0, 0.1) is 52.3 Å². The first-order valence-electron chi connectivity index (χ1n) is 13.3. The van der Waals surface area contributed by atoms with Crippen LogP contribution in [0.3, 0.4) is 0 Å². The van der Waals surface area contributed by atoms with Gasteiger partial charge in [-0.2, -0.15) is 0 Å². The SMILES string of the molecule is CC[C@@H](C)CC[C@@H](C)[C@H]1CC[C@H]2[C@@H]3CC[C@@H]4C[C@@](C)(O)CC[C@]4(C)[C@H]3CC[C@]12C. The Hall–Kier alpha value is -0.0400. The van der Waals surface area contributed by atoms with Crippen molar-refractivity contribution in [1.29, 1.82) is 0 Å². The van der Waals surface area contributed by atoms with Crippen molar-refractivity contribution < 1.29 is 5.11 Å². The molecule has 4 saturated carbocycles. The Bertz CT molecular complexity index is 581. The van der Waals surface area contributed by atoms with Crippen molar-refractivity contribution in [1.82, 2.24) is 0 Å². The summed E-state index contributed by atoms with van der Waals surface area (Å²) >= 11 is 0. The van der Waals surface area contributed by atoms with E-state index in [1.807, 2.05) is 0 Å². The number of hydrogen-bond acceptors (Lipinski definition) is 1. The van der Waals surface area contributed by atoms with Gasteiger partial charge in [-0.25, -0.2) is 0 Å². The van der Waals surface area contributed by atoms with Crippen molar-refractivity contribution in [2.75, 3.05) is 0 Å². The van der Waals surface area contributed by atoms with Crippen molar-refractivity contribution >= 4 is 0 Å². The van der Waals surface area contributed by atoms with Gasteiger partial charge in [0.2, 0.25) is 0 Å². The second-order valence-corrected chi connectivity index (χ2v) is 13.2. The number of hydrogen-bond donors (Lipinski definition) is 1. The van der Waals surface area contributed by atoms with E-state index in [0.29, 0.717) is 10.8 Å². The van der Waals surface area contributed by atoms with Crippen LogP contribution < -0.4 is 0 Å². The summed E-state index contributed by atoms with van der Waals surface area (Å²) in [6.45, 7) is 14.8. The molecule has 0 radical (unpaired) electrons. The van der Waals surface area contributed by atoms with Crippen LogP contribution in [0.5, 0.6) is 0 Å². The van der Waals surface area contributed by atoms with E-state index in [2.05, 4.69) is 41.5 Å². The molecule has 4 rings (SSSR count). The predicted molar refractivity (Wildman–Crippen MR) is 124 cm³/mol. The Balaban J connectivity index is 1.48. The summed E-state index contributed by atoms with van der Waals surface area (Å²) in [5.41, 5.74) is 0.718. The lowest BCUT2D eigenvalue weighted by Gasteiger charge is -2.62.